The molecule has 2 N–H and O–H groups in total. The molecule has 2 aliphatic rings. The summed E-state index contributed by atoms with van der Waals surface area (Å²) < 4.78 is 19.7. The maximum Gasteiger partial charge on any atom is 0.256 e. The lowest BCUT2D eigenvalue weighted by Crippen LogP contribution is -3.06. The van der Waals surface area contributed by atoms with Crippen LogP contribution in [-0.4, -0.2) is 62.3 Å². The van der Waals surface area contributed by atoms with Gasteiger partial charge in [-0.15, -0.1) is 0 Å². The Kier molecular flexibility index (Phi) is 6.11. The Bertz CT molecular complexity index is 689. The monoisotopic (exact) mass is 378 g/mol. The van der Waals surface area contributed by atoms with Crippen molar-refractivity contribution < 1.29 is 23.6 Å². The van der Waals surface area contributed by atoms with Gasteiger partial charge in [-0.3, -0.25) is 14.5 Å². The summed E-state index contributed by atoms with van der Waals surface area (Å²) in [5.41, 5.74) is -0.503. The Labute approximate surface area is 159 Å². The number of nitrogens with zero attached hydrogens (tertiary/aromatic N) is 1. The zero-order chi connectivity index (χ0) is 19.4. The first-order valence-electron chi connectivity index (χ1n) is 9.73. The van der Waals surface area contributed by atoms with Crippen molar-refractivity contribution in [3.8, 4) is 0 Å². The van der Waals surface area contributed by atoms with Gasteiger partial charge in [0.05, 0.1) is 33.8 Å². The fourth-order valence-corrected chi connectivity index (χ4v) is 3.99. The summed E-state index contributed by atoms with van der Waals surface area (Å²) >= 11 is 0. The minimum absolute atomic E-state index is 0.182. The fraction of sp³-hybridized carbons (Fsp3) is 0.600. The molecule has 1 saturated heterocycles. The van der Waals surface area contributed by atoms with E-state index in [1.165, 1.54) is 23.1 Å². The molecule has 1 heterocycles. The number of rotatable bonds is 5. The van der Waals surface area contributed by atoms with Crippen molar-refractivity contribution >= 4 is 11.8 Å². The third kappa shape index (κ3) is 4.30. The number of hydrogen-bond acceptors (Lipinski definition) is 3. The maximum atomic E-state index is 13.7. The van der Waals surface area contributed by atoms with Crippen LogP contribution >= 0.6 is 0 Å². The molecule has 27 heavy (non-hydrogen) atoms. The molecule has 1 spiro atoms. The standard InChI is InChI=1S/C20H28FN3O3/c1-23(2)12-11-22-18(25)17-14-27-20(9-4-3-5-10-20)24(17)19(26)15-7-6-8-16(21)13-15/h6-8,13,17H,3-5,9-12,14H2,1-2H3,(H,22,25)/p+1/t17-/m0/s1. The molecule has 2 fully saturated rings. The van der Waals surface area contributed by atoms with Gasteiger partial charge in [-0.25, -0.2) is 4.39 Å². The number of benzene rings is 1. The molecule has 6 nitrogen and oxygen atoms in total. The van der Waals surface area contributed by atoms with E-state index in [0.29, 0.717) is 19.4 Å². The second-order valence-corrected chi connectivity index (χ2v) is 7.77. The third-order valence-corrected chi connectivity index (χ3v) is 5.41. The van der Waals surface area contributed by atoms with E-state index in [0.717, 1.165) is 25.8 Å². The molecule has 3 rings (SSSR count). The number of halogens is 1. The van der Waals surface area contributed by atoms with Gasteiger partial charge in [0.15, 0.2) is 0 Å². The lowest BCUT2D eigenvalue weighted by atomic mass is 9.89. The van der Waals surface area contributed by atoms with Crippen LogP contribution in [0.4, 0.5) is 4.39 Å². The molecule has 1 aliphatic carbocycles. The van der Waals surface area contributed by atoms with Crippen molar-refractivity contribution in [3.05, 3.63) is 35.6 Å². The third-order valence-electron chi connectivity index (χ3n) is 5.41. The second-order valence-electron chi connectivity index (χ2n) is 7.77. The first-order chi connectivity index (χ1) is 12.9. The first-order valence-corrected chi connectivity index (χ1v) is 9.73. The highest BCUT2D eigenvalue weighted by Crippen LogP contribution is 2.41. The first kappa shape index (κ1) is 19.8. The molecule has 0 unspecified atom stereocenters. The van der Waals surface area contributed by atoms with Crippen LogP contribution in [0.1, 0.15) is 42.5 Å². The number of hydrogen-bond donors (Lipinski definition) is 2. The highest BCUT2D eigenvalue weighted by molar-refractivity contribution is 5.98. The summed E-state index contributed by atoms with van der Waals surface area (Å²) in [7, 11) is 4.03. The van der Waals surface area contributed by atoms with Gasteiger partial charge in [-0.2, -0.15) is 0 Å². The molecule has 148 valence electrons. The van der Waals surface area contributed by atoms with Crippen LogP contribution in [-0.2, 0) is 9.53 Å². The molecule has 0 radical (unpaired) electrons. The van der Waals surface area contributed by atoms with Crippen molar-refractivity contribution in [1.82, 2.24) is 10.2 Å². The summed E-state index contributed by atoms with van der Waals surface area (Å²) in [6, 6.07) is 4.95. The molecule has 1 aromatic carbocycles. The number of carbonyl (C=O) groups excluding carboxylic acids is 2. The van der Waals surface area contributed by atoms with E-state index in [9.17, 15) is 14.0 Å². The number of nitrogens with one attached hydrogen (secondary N) is 2. The number of likely N-dealkylation sites (N-methyl/N-ethyl adjacent to an activating group) is 1. The van der Waals surface area contributed by atoms with E-state index >= 15 is 0 Å². The van der Waals surface area contributed by atoms with Gasteiger partial charge in [0.25, 0.3) is 5.91 Å². The van der Waals surface area contributed by atoms with Crippen molar-refractivity contribution in [1.29, 1.82) is 0 Å². The van der Waals surface area contributed by atoms with Gasteiger partial charge in [0, 0.05) is 5.56 Å². The molecule has 0 aromatic heterocycles. The fourth-order valence-electron chi connectivity index (χ4n) is 3.99. The average molecular weight is 378 g/mol. The van der Waals surface area contributed by atoms with Gasteiger partial charge in [-0.1, -0.05) is 12.5 Å². The normalized spacial score (nSPS) is 21.6. The van der Waals surface area contributed by atoms with Crippen molar-refractivity contribution in [2.45, 2.75) is 43.9 Å². The maximum absolute atomic E-state index is 13.7. The molecule has 0 bridgehead atoms. The summed E-state index contributed by atoms with van der Waals surface area (Å²) in [5, 5.41) is 2.92. The number of carbonyl (C=O) groups is 2. The van der Waals surface area contributed by atoms with E-state index < -0.39 is 17.6 Å². The largest absolute Gasteiger partial charge is 0.353 e. The summed E-state index contributed by atoms with van der Waals surface area (Å²) in [6.07, 6.45) is 4.41. The second kappa shape index (κ2) is 8.35. The van der Waals surface area contributed by atoms with E-state index in [1.54, 1.807) is 11.0 Å². The van der Waals surface area contributed by atoms with Crippen LogP contribution in [0.2, 0.25) is 0 Å². The Balaban J connectivity index is 1.84. The Morgan fingerprint density at radius 2 is 2.04 bits per heavy atom. The quantitative estimate of drug-likeness (QED) is 0.788. The highest BCUT2D eigenvalue weighted by Gasteiger charge is 2.52. The minimum Gasteiger partial charge on any atom is -0.353 e. The van der Waals surface area contributed by atoms with E-state index in [1.807, 2.05) is 14.1 Å². The summed E-state index contributed by atoms with van der Waals surface area (Å²) in [5.74, 6) is -1.01. The van der Waals surface area contributed by atoms with E-state index in [4.69, 9.17) is 4.74 Å². The Morgan fingerprint density at radius 3 is 2.70 bits per heavy atom. The minimum atomic E-state index is -0.754. The smallest absolute Gasteiger partial charge is 0.256 e. The number of ether oxygens (including phenoxy) is 1. The Hall–Kier alpha value is -1.99. The molecule has 2 amide bonds. The van der Waals surface area contributed by atoms with Gasteiger partial charge >= 0.3 is 0 Å². The van der Waals surface area contributed by atoms with Crippen LogP contribution < -0.4 is 10.2 Å². The topological polar surface area (TPSA) is 63.1 Å². The zero-order valence-corrected chi connectivity index (χ0v) is 16.1. The molecule has 1 aliphatic heterocycles. The molecular weight excluding hydrogens is 349 g/mol. The summed E-state index contributed by atoms with van der Waals surface area (Å²) in [4.78, 5) is 28.9. The number of quaternary nitrogens is 1. The van der Waals surface area contributed by atoms with Crippen LogP contribution in [0.5, 0.6) is 0 Å². The number of amides is 2. The van der Waals surface area contributed by atoms with Crippen LogP contribution in [0.15, 0.2) is 24.3 Å². The van der Waals surface area contributed by atoms with Gasteiger partial charge in [-0.05, 0) is 43.9 Å². The van der Waals surface area contributed by atoms with Crippen LogP contribution in [0.3, 0.4) is 0 Å². The highest BCUT2D eigenvalue weighted by atomic mass is 19.1. The summed E-state index contributed by atoms with van der Waals surface area (Å²) in [6.45, 7) is 1.51. The molecule has 1 saturated carbocycles. The van der Waals surface area contributed by atoms with E-state index in [2.05, 4.69) is 5.32 Å². The molecule has 1 atom stereocenters. The molecular formula is C20H29FN3O3+. The predicted molar refractivity (Wildman–Crippen MR) is 98.8 cm³/mol. The van der Waals surface area contributed by atoms with Gasteiger partial charge in [0.1, 0.15) is 17.6 Å². The van der Waals surface area contributed by atoms with E-state index in [-0.39, 0.29) is 24.0 Å². The van der Waals surface area contributed by atoms with Crippen molar-refractivity contribution in [2.24, 2.45) is 0 Å². The lowest BCUT2D eigenvalue weighted by Gasteiger charge is -2.41. The average Bonchev–Trinajstić information content (AvgIpc) is 3.00. The lowest BCUT2D eigenvalue weighted by molar-refractivity contribution is -0.856. The Morgan fingerprint density at radius 1 is 1.30 bits per heavy atom. The van der Waals surface area contributed by atoms with Crippen LogP contribution in [0.25, 0.3) is 0 Å². The van der Waals surface area contributed by atoms with Crippen molar-refractivity contribution in [3.63, 3.8) is 0 Å². The van der Waals surface area contributed by atoms with Gasteiger partial charge < -0.3 is 15.0 Å². The van der Waals surface area contributed by atoms with Gasteiger partial charge in [0.2, 0.25) is 5.91 Å². The predicted octanol–water partition coefficient (Wildman–Crippen LogP) is 0.588. The van der Waals surface area contributed by atoms with Crippen molar-refractivity contribution in [2.75, 3.05) is 33.8 Å². The zero-order valence-electron chi connectivity index (χ0n) is 16.1. The molecule has 7 heteroatoms. The molecule has 1 aromatic rings. The SMILES string of the molecule is C[NH+](C)CCNC(=O)[C@@H]1COC2(CCCCC2)N1C(=O)c1cccc(F)c1. The van der Waals surface area contributed by atoms with Crippen LogP contribution in [0, 0.1) is 5.82 Å².